The summed E-state index contributed by atoms with van der Waals surface area (Å²) in [5.41, 5.74) is 1.05. The van der Waals surface area contributed by atoms with Crippen LogP contribution in [0.2, 0.25) is 0 Å². The lowest BCUT2D eigenvalue weighted by Crippen LogP contribution is -2.43. The summed E-state index contributed by atoms with van der Waals surface area (Å²) in [6, 6.07) is 8.11. The maximum atomic E-state index is 6.32. The Morgan fingerprint density at radius 2 is 2.00 bits per heavy atom. The lowest BCUT2D eigenvalue weighted by Gasteiger charge is -2.34. The molecule has 1 aromatic carbocycles. The van der Waals surface area contributed by atoms with Crippen LogP contribution in [-0.4, -0.2) is 44.9 Å². The maximum absolute atomic E-state index is 6.32. The molecule has 2 unspecified atom stereocenters. The van der Waals surface area contributed by atoms with Gasteiger partial charge in [0.25, 0.3) is 0 Å². The van der Waals surface area contributed by atoms with E-state index >= 15 is 0 Å². The molecule has 5 nitrogen and oxygen atoms in total. The second kappa shape index (κ2) is 4.59. The number of hydrogen-bond acceptors (Lipinski definition) is 4. The van der Waals surface area contributed by atoms with E-state index in [1.807, 2.05) is 24.3 Å². The predicted molar refractivity (Wildman–Crippen MR) is 75.0 cm³/mol. The molecule has 4 rings (SSSR count). The molecule has 0 aliphatic carbocycles. The molecule has 0 N–H and O–H groups in total. The fraction of sp³-hybridized carbons (Fsp3) is 0.467. The Kier molecular flexibility index (Phi) is 2.73. The van der Waals surface area contributed by atoms with Crippen LogP contribution in [0.3, 0.4) is 0 Å². The van der Waals surface area contributed by atoms with Crippen molar-refractivity contribution in [3.8, 4) is 11.4 Å². The number of piperidine rings is 1. The summed E-state index contributed by atoms with van der Waals surface area (Å²) in [6.45, 7) is 3.49. The molecule has 0 amide bonds. The Labute approximate surface area is 118 Å². The van der Waals surface area contributed by atoms with Gasteiger partial charge in [0.05, 0.1) is 5.69 Å². The number of nitrogens with zero attached hydrogens (tertiary/aromatic N) is 4. The molecule has 0 spiro atoms. The van der Waals surface area contributed by atoms with Crippen LogP contribution in [-0.2, 0) is 0 Å². The van der Waals surface area contributed by atoms with Crippen molar-refractivity contribution >= 4 is 0 Å². The molecule has 2 atom stereocenters. The van der Waals surface area contributed by atoms with Crippen molar-refractivity contribution in [1.82, 2.24) is 19.7 Å². The van der Waals surface area contributed by atoms with Gasteiger partial charge in [0.15, 0.2) is 0 Å². The summed E-state index contributed by atoms with van der Waals surface area (Å²) in [5.74, 6) is 0.956. The summed E-state index contributed by atoms with van der Waals surface area (Å²) in [7, 11) is 0. The van der Waals surface area contributed by atoms with Crippen LogP contribution in [0, 0.1) is 0 Å². The van der Waals surface area contributed by atoms with Gasteiger partial charge in [-0.1, -0.05) is 0 Å². The molecule has 2 saturated heterocycles. The Morgan fingerprint density at radius 1 is 1.10 bits per heavy atom. The Balaban J connectivity index is 1.52. The summed E-state index contributed by atoms with van der Waals surface area (Å²) in [6.07, 6.45) is 6.81. The molecular weight excluding hydrogens is 252 g/mol. The van der Waals surface area contributed by atoms with E-state index in [0.717, 1.165) is 24.4 Å². The van der Waals surface area contributed by atoms with Crippen LogP contribution in [0.4, 0.5) is 0 Å². The van der Waals surface area contributed by atoms with Crippen molar-refractivity contribution in [2.75, 3.05) is 19.6 Å². The monoisotopic (exact) mass is 270 g/mol. The molecule has 5 heteroatoms. The summed E-state index contributed by atoms with van der Waals surface area (Å²) >= 11 is 0. The molecule has 2 aliphatic heterocycles. The highest BCUT2D eigenvalue weighted by atomic mass is 16.5. The number of aromatic nitrogens is 3. The predicted octanol–water partition coefficient (Wildman–Crippen LogP) is 1.88. The van der Waals surface area contributed by atoms with Gasteiger partial charge in [-0.05, 0) is 43.7 Å². The van der Waals surface area contributed by atoms with Crippen LogP contribution in [0.15, 0.2) is 36.9 Å². The zero-order chi connectivity index (χ0) is 13.4. The van der Waals surface area contributed by atoms with Crippen molar-refractivity contribution in [1.29, 1.82) is 0 Å². The van der Waals surface area contributed by atoms with Gasteiger partial charge >= 0.3 is 0 Å². The third-order valence-corrected chi connectivity index (χ3v) is 4.36. The van der Waals surface area contributed by atoms with E-state index in [-0.39, 0.29) is 5.60 Å². The summed E-state index contributed by atoms with van der Waals surface area (Å²) < 4.78 is 8.07. The van der Waals surface area contributed by atoms with E-state index in [4.69, 9.17) is 4.74 Å². The minimum absolute atomic E-state index is 0.0486. The second-order valence-corrected chi connectivity index (χ2v) is 5.75. The lowest BCUT2D eigenvalue weighted by molar-refractivity contribution is 0.0453. The Morgan fingerprint density at radius 3 is 2.80 bits per heavy atom. The van der Waals surface area contributed by atoms with Gasteiger partial charge in [-0.25, -0.2) is 9.67 Å². The first-order chi connectivity index (χ1) is 9.83. The minimum atomic E-state index is 0.0486. The summed E-state index contributed by atoms with van der Waals surface area (Å²) in [5, 5.41) is 4.13. The summed E-state index contributed by atoms with van der Waals surface area (Å²) in [4.78, 5) is 6.47. The van der Waals surface area contributed by atoms with Crippen molar-refractivity contribution in [2.24, 2.45) is 0 Å². The van der Waals surface area contributed by atoms with E-state index in [0.29, 0.717) is 0 Å². The highest BCUT2D eigenvalue weighted by molar-refractivity contribution is 5.36. The standard InChI is InChI=1S/C15H18N4O/c1-6-15(7-9-18(8-1)10-15)20-14-4-2-13(3-5-14)19-12-16-11-17-19/h2-5,11-12H,1,6-10H2. The van der Waals surface area contributed by atoms with Crippen molar-refractivity contribution in [2.45, 2.75) is 24.9 Å². The Hall–Kier alpha value is -1.88. The quantitative estimate of drug-likeness (QED) is 0.854. The molecule has 0 radical (unpaired) electrons. The normalized spacial score (nSPS) is 28.5. The number of ether oxygens (including phenoxy) is 1. The van der Waals surface area contributed by atoms with Gasteiger partial charge in [0.1, 0.15) is 24.0 Å². The van der Waals surface area contributed by atoms with E-state index in [2.05, 4.69) is 15.0 Å². The molecule has 104 valence electrons. The molecule has 3 heterocycles. The van der Waals surface area contributed by atoms with Crippen LogP contribution in [0.25, 0.3) is 5.69 Å². The van der Waals surface area contributed by atoms with E-state index in [1.165, 1.54) is 25.9 Å². The number of hydrogen-bond donors (Lipinski definition) is 0. The molecule has 2 bridgehead atoms. The lowest BCUT2D eigenvalue weighted by atomic mass is 9.94. The zero-order valence-electron chi connectivity index (χ0n) is 11.4. The molecule has 1 aromatic heterocycles. The van der Waals surface area contributed by atoms with Crippen molar-refractivity contribution in [3.05, 3.63) is 36.9 Å². The SMILES string of the molecule is c1ncn(-c2ccc(OC34CCCN(CC3)C4)cc2)n1. The Bertz CT molecular complexity index is 576. The van der Waals surface area contributed by atoms with Crippen LogP contribution >= 0.6 is 0 Å². The zero-order valence-corrected chi connectivity index (χ0v) is 11.4. The number of rotatable bonds is 3. The largest absolute Gasteiger partial charge is 0.486 e. The second-order valence-electron chi connectivity index (χ2n) is 5.75. The van der Waals surface area contributed by atoms with Gasteiger partial charge < -0.3 is 4.74 Å². The first-order valence-corrected chi connectivity index (χ1v) is 7.20. The van der Waals surface area contributed by atoms with Crippen molar-refractivity contribution < 1.29 is 4.74 Å². The first kappa shape index (κ1) is 11.9. The van der Waals surface area contributed by atoms with Gasteiger partial charge in [-0.3, -0.25) is 4.90 Å². The molecule has 2 aliphatic rings. The van der Waals surface area contributed by atoms with Gasteiger partial charge in [0, 0.05) is 19.5 Å². The van der Waals surface area contributed by atoms with Crippen LogP contribution in [0.1, 0.15) is 19.3 Å². The molecular formula is C15H18N4O. The van der Waals surface area contributed by atoms with Crippen LogP contribution < -0.4 is 4.74 Å². The van der Waals surface area contributed by atoms with E-state index < -0.39 is 0 Å². The van der Waals surface area contributed by atoms with E-state index in [9.17, 15) is 0 Å². The van der Waals surface area contributed by atoms with E-state index in [1.54, 1.807) is 17.3 Å². The van der Waals surface area contributed by atoms with Gasteiger partial charge in [-0.15, -0.1) is 0 Å². The number of fused-ring (bicyclic) bond motifs is 2. The fourth-order valence-corrected chi connectivity index (χ4v) is 3.34. The van der Waals surface area contributed by atoms with Gasteiger partial charge in [0.2, 0.25) is 0 Å². The smallest absolute Gasteiger partial charge is 0.138 e. The molecule has 2 aromatic rings. The average Bonchev–Trinajstić information content (AvgIpc) is 3.09. The molecule has 20 heavy (non-hydrogen) atoms. The average molecular weight is 270 g/mol. The molecule has 0 saturated carbocycles. The fourth-order valence-electron chi connectivity index (χ4n) is 3.34. The highest BCUT2D eigenvalue weighted by Gasteiger charge is 2.42. The first-order valence-electron chi connectivity index (χ1n) is 7.20. The maximum Gasteiger partial charge on any atom is 0.138 e. The third kappa shape index (κ3) is 2.08. The van der Waals surface area contributed by atoms with Crippen LogP contribution in [0.5, 0.6) is 5.75 Å². The van der Waals surface area contributed by atoms with Crippen molar-refractivity contribution in [3.63, 3.8) is 0 Å². The number of benzene rings is 1. The topological polar surface area (TPSA) is 43.2 Å². The van der Waals surface area contributed by atoms with Gasteiger partial charge in [-0.2, -0.15) is 5.10 Å². The minimum Gasteiger partial charge on any atom is -0.486 e. The molecule has 2 fully saturated rings. The third-order valence-electron chi connectivity index (χ3n) is 4.36. The highest BCUT2D eigenvalue weighted by Crippen LogP contribution is 2.35.